The van der Waals surface area contributed by atoms with E-state index in [0.29, 0.717) is 26.3 Å². The Labute approximate surface area is 126 Å². The molecule has 0 saturated carbocycles. The molecule has 2 amide bonds. The fourth-order valence-electron chi connectivity index (χ4n) is 2.33. The molecule has 1 atom stereocenters. The van der Waals surface area contributed by atoms with E-state index in [4.69, 9.17) is 4.74 Å². The fraction of sp³-hybridized carbons (Fsp3) is 0.562. The fourth-order valence-corrected chi connectivity index (χ4v) is 2.33. The summed E-state index contributed by atoms with van der Waals surface area (Å²) in [4.78, 5) is 14.0. The SMILES string of the molecule is CCCNC(C)c1cccc(NC(=O)N2CCOCC2)c1. The van der Waals surface area contributed by atoms with Gasteiger partial charge in [-0.3, -0.25) is 0 Å². The number of ether oxygens (including phenoxy) is 1. The molecule has 0 bridgehead atoms. The zero-order valence-corrected chi connectivity index (χ0v) is 12.9. The van der Waals surface area contributed by atoms with E-state index in [-0.39, 0.29) is 12.1 Å². The van der Waals surface area contributed by atoms with Crippen LogP contribution in [0.1, 0.15) is 31.9 Å². The largest absolute Gasteiger partial charge is 0.378 e. The Morgan fingerprint density at radius 3 is 2.86 bits per heavy atom. The van der Waals surface area contributed by atoms with Gasteiger partial charge in [-0.2, -0.15) is 0 Å². The molecule has 0 aromatic heterocycles. The molecule has 1 unspecified atom stereocenters. The van der Waals surface area contributed by atoms with Crippen LogP contribution in [0.2, 0.25) is 0 Å². The minimum Gasteiger partial charge on any atom is -0.378 e. The Morgan fingerprint density at radius 2 is 2.14 bits per heavy atom. The standard InChI is InChI=1S/C16H25N3O2/c1-3-7-17-13(2)14-5-4-6-15(12-14)18-16(20)19-8-10-21-11-9-19/h4-6,12-13,17H,3,7-11H2,1-2H3,(H,18,20). The second-order valence-corrected chi connectivity index (χ2v) is 5.33. The molecule has 0 spiro atoms. The third-order valence-corrected chi connectivity index (χ3v) is 3.64. The molecule has 2 N–H and O–H groups in total. The van der Waals surface area contributed by atoms with Crippen LogP contribution < -0.4 is 10.6 Å². The molecule has 1 saturated heterocycles. The van der Waals surface area contributed by atoms with Gasteiger partial charge in [0.15, 0.2) is 0 Å². The molecule has 21 heavy (non-hydrogen) atoms. The maximum atomic E-state index is 12.2. The van der Waals surface area contributed by atoms with Crippen molar-refractivity contribution < 1.29 is 9.53 Å². The van der Waals surface area contributed by atoms with Crippen LogP contribution >= 0.6 is 0 Å². The first-order chi connectivity index (χ1) is 10.2. The highest BCUT2D eigenvalue weighted by molar-refractivity contribution is 5.89. The smallest absolute Gasteiger partial charge is 0.321 e. The number of hydrogen-bond donors (Lipinski definition) is 2. The topological polar surface area (TPSA) is 53.6 Å². The van der Waals surface area contributed by atoms with E-state index in [9.17, 15) is 4.79 Å². The van der Waals surface area contributed by atoms with Crippen LogP contribution in [-0.2, 0) is 4.74 Å². The van der Waals surface area contributed by atoms with E-state index in [0.717, 1.165) is 18.7 Å². The summed E-state index contributed by atoms with van der Waals surface area (Å²) in [5.41, 5.74) is 2.03. The molecule has 1 aliphatic heterocycles. The van der Waals surface area contributed by atoms with Gasteiger partial charge in [0.1, 0.15) is 0 Å². The Bertz CT molecular complexity index is 459. The lowest BCUT2D eigenvalue weighted by molar-refractivity contribution is 0.0564. The quantitative estimate of drug-likeness (QED) is 0.877. The van der Waals surface area contributed by atoms with Crippen LogP contribution in [-0.4, -0.2) is 43.8 Å². The number of morpholine rings is 1. The van der Waals surface area contributed by atoms with Gasteiger partial charge in [-0.15, -0.1) is 0 Å². The molecular formula is C16H25N3O2. The van der Waals surface area contributed by atoms with Gasteiger partial charge >= 0.3 is 6.03 Å². The van der Waals surface area contributed by atoms with Crippen molar-refractivity contribution in [1.82, 2.24) is 10.2 Å². The normalized spacial score (nSPS) is 16.6. The number of hydrogen-bond acceptors (Lipinski definition) is 3. The Hall–Kier alpha value is -1.59. The molecule has 1 aromatic carbocycles. The molecule has 1 heterocycles. The van der Waals surface area contributed by atoms with Gasteiger partial charge in [0, 0.05) is 24.8 Å². The maximum Gasteiger partial charge on any atom is 0.321 e. The van der Waals surface area contributed by atoms with Crippen molar-refractivity contribution in [2.75, 3.05) is 38.2 Å². The summed E-state index contributed by atoms with van der Waals surface area (Å²) in [6.07, 6.45) is 1.11. The van der Waals surface area contributed by atoms with E-state index in [1.54, 1.807) is 4.90 Å². The Balaban J connectivity index is 1.95. The first kappa shape index (κ1) is 15.8. The van der Waals surface area contributed by atoms with E-state index in [2.05, 4.69) is 30.5 Å². The zero-order valence-electron chi connectivity index (χ0n) is 12.9. The number of carbonyl (C=O) groups is 1. The van der Waals surface area contributed by atoms with Gasteiger partial charge in [0.2, 0.25) is 0 Å². The summed E-state index contributed by atoms with van der Waals surface area (Å²) >= 11 is 0. The van der Waals surface area contributed by atoms with Crippen LogP contribution in [0, 0.1) is 0 Å². The average molecular weight is 291 g/mol. The van der Waals surface area contributed by atoms with E-state index < -0.39 is 0 Å². The predicted molar refractivity (Wildman–Crippen MR) is 84.6 cm³/mol. The van der Waals surface area contributed by atoms with Crippen molar-refractivity contribution in [3.63, 3.8) is 0 Å². The highest BCUT2D eigenvalue weighted by Gasteiger charge is 2.16. The molecule has 0 radical (unpaired) electrons. The molecule has 1 aliphatic rings. The zero-order chi connectivity index (χ0) is 15.1. The number of amides is 2. The number of anilines is 1. The number of benzene rings is 1. The first-order valence-electron chi connectivity index (χ1n) is 7.67. The van der Waals surface area contributed by atoms with Crippen molar-refractivity contribution >= 4 is 11.7 Å². The lowest BCUT2D eigenvalue weighted by Gasteiger charge is -2.27. The van der Waals surface area contributed by atoms with Gasteiger partial charge in [-0.25, -0.2) is 4.79 Å². The summed E-state index contributed by atoms with van der Waals surface area (Å²) in [6, 6.07) is 8.25. The van der Waals surface area contributed by atoms with E-state index in [1.807, 2.05) is 18.2 Å². The van der Waals surface area contributed by atoms with Crippen LogP contribution in [0.4, 0.5) is 10.5 Å². The van der Waals surface area contributed by atoms with Gasteiger partial charge in [-0.05, 0) is 37.6 Å². The number of carbonyl (C=O) groups excluding carboxylic acids is 1. The Morgan fingerprint density at radius 1 is 1.38 bits per heavy atom. The van der Waals surface area contributed by atoms with Crippen LogP contribution in [0.25, 0.3) is 0 Å². The van der Waals surface area contributed by atoms with Crippen molar-refractivity contribution in [3.05, 3.63) is 29.8 Å². The minimum atomic E-state index is -0.0513. The second kappa shape index (κ2) is 8.00. The van der Waals surface area contributed by atoms with Crippen molar-refractivity contribution in [2.24, 2.45) is 0 Å². The van der Waals surface area contributed by atoms with E-state index >= 15 is 0 Å². The second-order valence-electron chi connectivity index (χ2n) is 5.33. The predicted octanol–water partition coefficient (Wildman–Crippen LogP) is 2.61. The van der Waals surface area contributed by atoms with Crippen LogP contribution in [0.5, 0.6) is 0 Å². The van der Waals surface area contributed by atoms with Crippen LogP contribution in [0.3, 0.4) is 0 Å². The summed E-state index contributed by atoms with van der Waals surface area (Å²) in [6.45, 7) is 7.82. The molecule has 2 rings (SSSR count). The molecule has 116 valence electrons. The first-order valence-corrected chi connectivity index (χ1v) is 7.67. The summed E-state index contributed by atoms with van der Waals surface area (Å²) in [7, 11) is 0. The summed E-state index contributed by atoms with van der Waals surface area (Å²) in [5, 5.41) is 6.42. The number of urea groups is 1. The van der Waals surface area contributed by atoms with Crippen molar-refractivity contribution in [3.8, 4) is 0 Å². The monoisotopic (exact) mass is 291 g/mol. The molecule has 1 fully saturated rings. The third kappa shape index (κ3) is 4.72. The van der Waals surface area contributed by atoms with E-state index in [1.165, 1.54) is 5.56 Å². The average Bonchev–Trinajstić information content (AvgIpc) is 2.53. The van der Waals surface area contributed by atoms with Gasteiger partial charge in [0.25, 0.3) is 0 Å². The molecule has 1 aromatic rings. The number of nitrogens with zero attached hydrogens (tertiary/aromatic N) is 1. The molecule has 0 aliphatic carbocycles. The molecular weight excluding hydrogens is 266 g/mol. The maximum absolute atomic E-state index is 12.2. The highest BCUT2D eigenvalue weighted by atomic mass is 16.5. The highest BCUT2D eigenvalue weighted by Crippen LogP contribution is 2.18. The van der Waals surface area contributed by atoms with Gasteiger partial charge in [0.05, 0.1) is 13.2 Å². The lowest BCUT2D eigenvalue weighted by atomic mass is 10.1. The minimum absolute atomic E-state index is 0.0513. The summed E-state index contributed by atoms with van der Waals surface area (Å²) in [5.74, 6) is 0. The molecule has 5 heteroatoms. The third-order valence-electron chi connectivity index (χ3n) is 3.64. The van der Waals surface area contributed by atoms with Crippen molar-refractivity contribution in [2.45, 2.75) is 26.3 Å². The number of nitrogens with one attached hydrogen (secondary N) is 2. The van der Waals surface area contributed by atoms with Crippen molar-refractivity contribution in [1.29, 1.82) is 0 Å². The summed E-state index contributed by atoms with van der Waals surface area (Å²) < 4.78 is 5.26. The lowest BCUT2D eigenvalue weighted by Crippen LogP contribution is -2.43. The molecule has 5 nitrogen and oxygen atoms in total. The number of rotatable bonds is 5. The van der Waals surface area contributed by atoms with Gasteiger partial charge < -0.3 is 20.3 Å². The van der Waals surface area contributed by atoms with Crippen LogP contribution in [0.15, 0.2) is 24.3 Å². The van der Waals surface area contributed by atoms with Gasteiger partial charge in [-0.1, -0.05) is 19.1 Å². The Kier molecular flexibility index (Phi) is 6.02.